The number of aryl methyl sites for hydroxylation is 1. The van der Waals surface area contributed by atoms with E-state index in [1.807, 2.05) is 0 Å². The van der Waals surface area contributed by atoms with Crippen LogP contribution in [0.15, 0.2) is 60.0 Å². The fourth-order valence-corrected chi connectivity index (χ4v) is 5.66. The van der Waals surface area contributed by atoms with Gasteiger partial charge in [0.25, 0.3) is 5.56 Å². The number of fused-ring (bicyclic) bond motifs is 5. The molecule has 13 nitrogen and oxygen atoms in total. The van der Waals surface area contributed by atoms with Crippen molar-refractivity contribution in [2.75, 3.05) is 5.32 Å². The van der Waals surface area contributed by atoms with Gasteiger partial charge in [-0.25, -0.2) is 4.98 Å². The molecule has 0 saturated carbocycles. The fourth-order valence-electron chi connectivity index (χ4n) is 5.43. The van der Waals surface area contributed by atoms with Crippen LogP contribution in [0.4, 0.5) is 5.69 Å². The van der Waals surface area contributed by atoms with Gasteiger partial charge in [-0.3, -0.25) is 23.8 Å². The molecule has 0 saturated heterocycles. The van der Waals surface area contributed by atoms with Gasteiger partial charge in [0.15, 0.2) is 0 Å². The summed E-state index contributed by atoms with van der Waals surface area (Å²) in [4.78, 5) is 35.8. The van der Waals surface area contributed by atoms with Crippen molar-refractivity contribution in [3.63, 3.8) is 0 Å². The normalized spacial score (nSPS) is 17.8. The molecule has 0 spiro atoms. The molecule has 42 heavy (non-hydrogen) atoms. The molecule has 1 amide bonds. The Morgan fingerprint density at radius 2 is 1.86 bits per heavy atom. The van der Waals surface area contributed by atoms with Crippen LogP contribution < -0.4 is 10.9 Å². The molecular weight excluding hydrogens is 564 g/mol. The van der Waals surface area contributed by atoms with Crippen LogP contribution in [-0.2, 0) is 17.9 Å². The van der Waals surface area contributed by atoms with Crippen molar-refractivity contribution in [3.8, 4) is 22.5 Å². The third-order valence-corrected chi connectivity index (χ3v) is 7.73. The van der Waals surface area contributed by atoms with Crippen LogP contribution >= 0.6 is 11.6 Å². The van der Waals surface area contributed by atoms with E-state index in [0.717, 1.165) is 10.9 Å². The summed E-state index contributed by atoms with van der Waals surface area (Å²) in [5, 5.41) is 42.1. The number of aromatic nitrogens is 7. The van der Waals surface area contributed by atoms with Gasteiger partial charge in [0.05, 0.1) is 47.4 Å². The quantitative estimate of drug-likeness (QED) is 0.230. The lowest BCUT2D eigenvalue weighted by Gasteiger charge is -2.23. The molecule has 2 atom stereocenters. The number of rotatable bonds is 3. The van der Waals surface area contributed by atoms with Crippen molar-refractivity contribution in [2.45, 2.75) is 38.3 Å². The van der Waals surface area contributed by atoms with Gasteiger partial charge in [-0.2, -0.15) is 14.9 Å². The number of carbonyl (C=O) groups excluding carboxylic acids is 1. The maximum Gasteiger partial charge on any atom is 0.389 e. The number of nitrogens with one attached hydrogen (secondary N) is 1. The van der Waals surface area contributed by atoms with Gasteiger partial charge >= 0.3 is 6.10 Å². The molecule has 4 aromatic heterocycles. The minimum Gasteiger partial charge on any atom is -0.324 e. The zero-order chi connectivity index (χ0) is 29.8. The van der Waals surface area contributed by atoms with E-state index in [1.54, 1.807) is 49.1 Å². The number of hydrogen-bond donors (Lipinski definition) is 4. The van der Waals surface area contributed by atoms with Gasteiger partial charge in [0.1, 0.15) is 5.69 Å². The van der Waals surface area contributed by atoms with E-state index in [-0.39, 0.29) is 22.8 Å². The van der Waals surface area contributed by atoms with E-state index in [9.17, 15) is 24.9 Å². The molecule has 5 aromatic rings. The Kier molecular flexibility index (Phi) is 6.89. The first-order valence-electron chi connectivity index (χ1n) is 13.2. The van der Waals surface area contributed by atoms with Crippen molar-refractivity contribution >= 4 is 34.1 Å². The second-order valence-corrected chi connectivity index (χ2v) is 10.8. The Morgan fingerprint density at radius 1 is 1.05 bits per heavy atom. The molecule has 6 rings (SSSR count). The first-order valence-corrected chi connectivity index (χ1v) is 13.6. The predicted octanol–water partition coefficient (Wildman–Crippen LogP) is 2.60. The number of hydrogen-bond acceptors (Lipinski definition) is 9. The number of carbonyl (C=O) groups is 1. The highest BCUT2D eigenvalue weighted by atomic mass is 35.5. The number of aliphatic hydroxyl groups is 3. The van der Waals surface area contributed by atoms with Gasteiger partial charge in [-0.05, 0) is 37.1 Å². The summed E-state index contributed by atoms with van der Waals surface area (Å²) in [6.07, 6.45) is 4.14. The number of pyridine rings is 1. The molecule has 2 unspecified atom stereocenters. The van der Waals surface area contributed by atoms with Gasteiger partial charge in [-0.1, -0.05) is 24.9 Å². The van der Waals surface area contributed by atoms with Crippen molar-refractivity contribution in [2.24, 2.45) is 13.0 Å². The van der Waals surface area contributed by atoms with Crippen molar-refractivity contribution in [1.82, 2.24) is 34.1 Å². The lowest BCUT2D eigenvalue weighted by Crippen LogP contribution is -2.34. The smallest absolute Gasteiger partial charge is 0.324 e. The standard InChI is InChI=1S/C28H27ClN8O5/c1-15-4-3-5-23(21-9-16(6-7-30-21)26-22(34-27(15)39)13-33-37(26)28(40,41)42)36-14-31-20(11-24(36)38)19-10-18(29)8-17-12-32-35(2)25(17)19/h6-15,23,40-42H,3-5H2,1-2H3,(H,34,39). The maximum absolute atomic E-state index is 13.6. The molecular formula is C28H27ClN8O5. The second-order valence-electron chi connectivity index (χ2n) is 10.4. The largest absolute Gasteiger partial charge is 0.389 e. The summed E-state index contributed by atoms with van der Waals surface area (Å²) in [6, 6.07) is 7.65. The molecule has 1 aliphatic heterocycles. The van der Waals surface area contributed by atoms with Gasteiger partial charge < -0.3 is 20.6 Å². The molecule has 0 aliphatic carbocycles. The molecule has 2 bridgehead atoms. The number of anilines is 1. The Labute approximate surface area is 243 Å². The molecule has 5 heterocycles. The summed E-state index contributed by atoms with van der Waals surface area (Å²) in [6.45, 7) is 1.78. The monoisotopic (exact) mass is 590 g/mol. The fraction of sp³-hybridized carbons (Fsp3) is 0.286. The van der Waals surface area contributed by atoms with Crippen LogP contribution in [0.2, 0.25) is 5.02 Å². The third kappa shape index (κ3) is 4.96. The van der Waals surface area contributed by atoms with Crippen molar-refractivity contribution in [1.29, 1.82) is 0 Å². The summed E-state index contributed by atoms with van der Waals surface area (Å²) in [7, 11) is 1.80. The van der Waals surface area contributed by atoms with Gasteiger partial charge in [0, 0.05) is 46.8 Å². The van der Waals surface area contributed by atoms with E-state index in [4.69, 9.17) is 11.6 Å². The lowest BCUT2D eigenvalue weighted by atomic mass is 9.97. The van der Waals surface area contributed by atoms with E-state index in [1.165, 1.54) is 29.4 Å². The Balaban J connectivity index is 1.48. The average Bonchev–Trinajstić information content (AvgIpc) is 3.54. The molecule has 4 N–H and O–H groups in total. The van der Waals surface area contributed by atoms with E-state index < -0.39 is 18.1 Å². The first-order chi connectivity index (χ1) is 20.0. The van der Waals surface area contributed by atoms with Crippen LogP contribution in [-0.4, -0.2) is 55.3 Å². The van der Waals surface area contributed by atoms with Crippen LogP contribution in [0.25, 0.3) is 33.4 Å². The minimum atomic E-state index is -3.33. The molecule has 216 valence electrons. The predicted molar refractivity (Wildman–Crippen MR) is 153 cm³/mol. The molecule has 1 aromatic carbocycles. The Bertz CT molecular complexity index is 1890. The second kappa shape index (κ2) is 10.4. The molecule has 14 heteroatoms. The van der Waals surface area contributed by atoms with E-state index in [2.05, 4.69) is 25.5 Å². The third-order valence-electron chi connectivity index (χ3n) is 7.51. The molecule has 0 fully saturated rings. The number of halogens is 1. The summed E-state index contributed by atoms with van der Waals surface area (Å²) >= 11 is 6.35. The zero-order valence-corrected chi connectivity index (χ0v) is 23.4. The first kappa shape index (κ1) is 27.7. The summed E-state index contributed by atoms with van der Waals surface area (Å²) < 4.78 is 3.77. The molecule has 0 radical (unpaired) electrons. The molecule has 1 aliphatic rings. The highest BCUT2D eigenvalue weighted by Crippen LogP contribution is 2.35. The highest BCUT2D eigenvalue weighted by Gasteiger charge is 2.31. The zero-order valence-electron chi connectivity index (χ0n) is 22.6. The van der Waals surface area contributed by atoms with Gasteiger partial charge in [-0.15, -0.1) is 0 Å². The summed E-state index contributed by atoms with van der Waals surface area (Å²) in [5.41, 5.74) is 2.67. The summed E-state index contributed by atoms with van der Waals surface area (Å²) in [5.74, 6) is -0.705. The van der Waals surface area contributed by atoms with Crippen LogP contribution in [0.5, 0.6) is 0 Å². The van der Waals surface area contributed by atoms with Gasteiger partial charge in [0.2, 0.25) is 5.91 Å². The average molecular weight is 591 g/mol. The van der Waals surface area contributed by atoms with Crippen LogP contribution in [0, 0.1) is 5.92 Å². The van der Waals surface area contributed by atoms with E-state index >= 15 is 0 Å². The minimum absolute atomic E-state index is 0.0491. The van der Waals surface area contributed by atoms with Crippen molar-refractivity contribution < 1.29 is 20.1 Å². The number of amides is 1. The number of benzene rings is 1. The van der Waals surface area contributed by atoms with E-state index in [0.29, 0.717) is 51.5 Å². The SMILES string of the molecule is CC1CCCC(n2cnc(-c3cc(Cl)cc4cnn(C)c34)cc2=O)c2cc(ccn2)-c2c(cnn2C(O)(O)O)NC1=O. The van der Waals surface area contributed by atoms with Crippen LogP contribution in [0.1, 0.15) is 37.9 Å². The maximum atomic E-state index is 13.6. The Hall–Kier alpha value is -4.43. The number of nitrogens with zero attached hydrogens (tertiary/aromatic N) is 7. The lowest BCUT2D eigenvalue weighted by molar-refractivity contribution is -0.379. The highest BCUT2D eigenvalue weighted by molar-refractivity contribution is 6.31. The van der Waals surface area contributed by atoms with Crippen molar-refractivity contribution in [3.05, 3.63) is 76.3 Å². The topological polar surface area (TPSA) is 173 Å². The Morgan fingerprint density at radius 3 is 2.62 bits per heavy atom. The van der Waals surface area contributed by atoms with Crippen LogP contribution in [0.3, 0.4) is 0 Å².